The molecular weight excluding hydrogens is 328 g/mol. The van der Waals surface area contributed by atoms with Crippen LogP contribution in [0.2, 0.25) is 0 Å². The zero-order valence-electron chi connectivity index (χ0n) is 14.0. The molecule has 4 heteroatoms. The van der Waals surface area contributed by atoms with Gasteiger partial charge < -0.3 is 14.9 Å². The van der Waals surface area contributed by atoms with Crippen molar-refractivity contribution in [1.29, 1.82) is 0 Å². The van der Waals surface area contributed by atoms with Crippen molar-refractivity contribution in [2.45, 2.75) is 6.61 Å². The molecule has 4 nitrogen and oxygen atoms in total. The van der Waals surface area contributed by atoms with Gasteiger partial charge in [-0.05, 0) is 17.7 Å². The maximum Gasteiger partial charge on any atom is 0.339 e. The van der Waals surface area contributed by atoms with Gasteiger partial charge in [-0.15, -0.1) is 0 Å². The summed E-state index contributed by atoms with van der Waals surface area (Å²) in [6, 6.07) is 22.0. The molecule has 0 spiro atoms. The fraction of sp³-hybridized carbons (Fsp3) is 0.0455. The third-order valence-electron chi connectivity index (χ3n) is 3.90. The molecular formula is C22H18O4. The third-order valence-corrected chi connectivity index (χ3v) is 3.90. The molecule has 0 saturated carbocycles. The van der Waals surface area contributed by atoms with E-state index in [0.717, 1.165) is 11.1 Å². The first-order valence-electron chi connectivity index (χ1n) is 8.14. The molecule has 3 aromatic rings. The number of para-hydroxylation sites is 2. The van der Waals surface area contributed by atoms with Crippen molar-refractivity contribution in [1.82, 2.24) is 0 Å². The Bertz CT molecular complexity index is 930. The highest BCUT2D eigenvalue weighted by atomic mass is 16.5. The summed E-state index contributed by atoms with van der Waals surface area (Å²) in [6.45, 7) is 0.450. The van der Waals surface area contributed by atoms with E-state index in [1.54, 1.807) is 24.3 Å². The quantitative estimate of drug-likeness (QED) is 0.627. The number of carbonyl (C=O) groups is 1. The van der Waals surface area contributed by atoms with Crippen molar-refractivity contribution >= 4 is 18.1 Å². The summed E-state index contributed by atoms with van der Waals surface area (Å²) in [5, 5.41) is 19.2. The second-order valence-electron chi connectivity index (χ2n) is 5.69. The van der Waals surface area contributed by atoms with Gasteiger partial charge in [0.05, 0.1) is 0 Å². The molecule has 0 aliphatic heterocycles. The maximum absolute atomic E-state index is 11.1. The van der Waals surface area contributed by atoms with Crippen LogP contribution in [0.15, 0.2) is 72.8 Å². The van der Waals surface area contributed by atoms with E-state index in [0.29, 0.717) is 17.9 Å². The van der Waals surface area contributed by atoms with Crippen molar-refractivity contribution in [3.05, 3.63) is 95.1 Å². The van der Waals surface area contributed by atoms with Gasteiger partial charge in [0.2, 0.25) is 0 Å². The van der Waals surface area contributed by atoms with Crippen LogP contribution in [0.25, 0.3) is 12.2 Å². The van der Waals surface area contributed by atoms with Gasteiger partial charge in [0, 0.05) is 11.1 Å². The molecule has 0 aliphatic rings. The van der Waals surface area contributed by atoms with Crippen LogP contribution >= 0.6 is 0 Å². The summed E-state index contributed by atoms with van der Waals surface area (Å²) in [5.74, 6) is -0.704. The van der Waals surface area contributed by atoms with Crippen LogP contribution in [0.5, 0.6) is 11.5 Å². The zero-order valence-corrected chi connectivity index (χ0v) is 14.0. The van der Waals surface area contributed by atoms with Crippen LogP contribution in [0, 0.1) is 0 Å². The summed E-state index contributed by atoms with van der Waals surface area (Å²) in [5.41, 5.74) is 2.21. The number of benzene rings is 3. The van der Waals surface area contributed by atoms with E-state index in [-0.39, 0.29) is 11.3 Å². The van der Waals surface area contributed by atoms with Gasteiger partial charge in [-0.3, -0.25) is 0 Å². The SMILES string of the molecule is O=C(O)c1cccc(C=Cc2ccccc2OCc2ccccc2)c1O. The average Bonchev–Trinajstić information content (AvgIpc) is 2.67. The second-order valence-corrected chi connectivity index (χ2v) is 5.69. The third kappa shape index (κ3) is 4.11. The van der Waals surface area contributed by atoms with Crippen molar-refractivity contribution in [3.8, 4) is 11.5 Å². The minimum Gasteiger partial charge on any atom is -0.506 e. The number of hydrogen-bond donors (Lipinski definition) is 2. The first kappa shape index (κ1) is 17.3. The molecule has 0 heterocycles. The van der Waals surface area contributed by atoms with Gasteiger partial charge >= 0.3 is 5.97 Å². The predicted molar refractivity (Wildman–Crippen MR) is 101 cm³/mol. The molecule has 0 radical (unpaired) electrons. The van der Waals surface area contributed by atoms with Gasteiger partial charge in [-0.25, -0.2) is 4.79 Å². The Kier molecular flexibility index (Phi) is 5.34. The minimum absolute atomic E-state index is 0.124. The topological polar surface area (TPSA) is 66.8 Å². The Morgan fingerprint density at radius 3 is 2.27 bits per heavy atom. The van der Waals surface area contributed by atoms with Gasteiger partial charge in [-0.1, -0.05) is 72.8 Å². The largest absolute Gasteiger partial charge is 0.506 e. The highest BCUT2D eigenvalue weighted by molar-refractivity contribution is 5.93. The molecule has 130 valence electrons. The summed E-state index contributed by atoms with van der Waals surface area (Å²) in [7, 11) is 0. The van der Waals surface area contributed by atoms with Crippen LogP contribution in [0.1, 0.15) is 27.0 Å². The lowest BCUT2D eigenvalue weighted by Gasteiger charge is -2.09. The number of hydrogen-bond acceptors (Lipinski definition) is 3. The number of carboxylic acids is 1. The lowest BCUT2D eigenvalue weighted by molar-refractivity contribution is 0.0693. The van der Waals surface area contributed by atoms with Crippen molar-refractivity contribution in [2.75, 3.05) is 0 Å². The molecule has 0 bridgehead atoms. The Morgan fingerprint density at radius 1 is 0.846 bits per heavy atom. The monoisotopic (exact) mass is 346 g/mol. The molecule has 0 fully saturated rings. The Morgan fingerprint density at radius 2 is 1.50 bits per heavy atom. The highest BCUT2D eigenvalue weighted by Gasteiger charge is 2.11. The van der Waals surface area contributed by atoms with E-state index >= 15 is 0 Å². The van der Waals surface area contributed by atoms with E-state index in [2.05, 4.69) is 0 Å². The molecule has 26 heavy (non-hydrogen) atoms. The summed E-state index contributed by atoms with van der Waals surface area (Å²) in [4.78, 5) is 11.1. The lowest BCUT2D eigenvalue weighted by Crippen LogP contribution is -1.97. The number of aromatic hydroxyl groups is 1. The fourth-order valence-corrected chi connectivity index (χ4v) is 2.53. The van der Waals surface area contributed by atoms with Crippen molar-refractivity contribution in [2.24, 2.45) is 0 Å². The highest BCUT2D eigenvalue weighted by Crippen LogP contribution is 2.26. The fourth-order valence-electron chi connectivity index (χ4n) is 2.53. The van der Waals surface area contributed by atoms with Gasteiger partial charge in [0.25, 0.3) is 0 Å². The second kappa shape index (κ2) is 8.03. The molecule has 0 aliphatic carbocycles. The van der Waals surface area contributed by atoms with Crippen molar-refractivity contribution in [3.63, 3.8) is 0 Å². The smallest absolute Gasteiger partial charge is 0.339 e. The Balaban J connectivity index is 1.81. The van der Waals surface area contributed by atoms with Crippen LogP contribution in [0.4, 0.5) is 0 Å². The lowest BCUT2D eigenvalue weighted by atomic mass is 10.1. The van der Waals surface area contributed by atoms with Crippen LogP contribution in [-0.2, 0) is 6.61 Å². The van der Waals surface area contributed by atoms with Crippen LogP contribution in [0.3, 0.4) is 0 Å². The molecule has 0 unspecified atom stereocenters. The van der Waals surface area contributed by atoms with Crippen molar-refractivity contribution < 1.29 is 19.7 Å². The van der Waals surface area contributed by atoms with Gasteiger partial charge in [0.15, 0.2) is 0 Å². The average molecular weight is 346 g/mol. The molecule has 3 rings (SSSR count). The molecule has 2 N–H and O–H groups in total. The molecule has 0 amide bonds. The number of ether oxygens (including phenoxy) is 1. The zero-order chi connectivity index (χ0) is 18.4. The summed E-state index contributed by atoms with van der Waals surface area (Å²) >= 11 is 0. The van der Waals surface area contributed by atoms with E-state index < -0.39 is 5.97 Å². The Hall–Kier alpha value is -3.53. The predicted octanol–water partition coefficient (Wildman–Crippen LogP) is 4.84. The molecule has 0 atom stereocenters. The van der Waals surface area contributed by atoms with Gasteiger partial charge in [0.1, 0.15) is 23.7 Å². The number of rotatable bonds is 6. The van der Waals surface area contributed by atoms with Gasteiger partial charge in [-0.2, -0.15) is 0 Å². The molecule has 0 aromatic heterocycles. The molecule has 0 saturated heterocycles. The number of phenols is 1. The van der Waals surface area contributed by atoms with Crippen LogP contribution in [-0.4, -0.2) is 16.2 Å². The van der Waals surface area contributed by atoms with Crippen LogP contribution < -0.4 is 4.74 Å². The maximum atomic E-state index is 11.1. The number of carboxylic acid groups (broad SMARTS) is 1. The first-order chi connectivity index (χ1) is 12.6. The normalized spacial score (nSPS) is 10.8. The summed E-state index contributed by atoms with van der Waals surface area (Å²) in [6.07, 6.45) is 3.47. The minimum atomic E-state index is -1.16. The standard InChI is InChI=1S/C22H18O4/c23-21-18(10-6-11-19(21)22(24)25)14-13-17-9-4-5-12-20(17)26-15-16-7-2-1-3-8-16/h1-14,23H,15H2,(H,24,25). The van der Waals surface area contributed by atoms with E-state index in [9.17, 15) is 9.90 Å². The summed E-state index contributed by atoms with van der Waals surface area (Å²) < 4.78 is 5.90. The number of aromatic carboxylic acids is 1. The molecule has 3 aromatic carbocycles. The Labute approximate surface area is 151 Å². The van der Waals surface area contributed by atoms with E-state index in [1.165, 1.54) is 6.07 Å². The van der Waals surface area contributed by atoms with E-state index in [1.807, 2.05) is 54.6 Å². The first-order valence-corrected chi connectivity index (χ1v) is 8.14. The van der Waals surface area contributed by atoms with E-state index in [4.69, 9.17) is 9.84 Å².